The number of thiazole rings is 1. The highest BCUT2D eigenvalue weighted by Gasteiger charge is 2.59. The molecule has 112 valence electrons. The fourth-order valence-corrected chi connectivity index (χ4v) is 5.93. The standard InChI is InChI=1S/C17H28N2S/c1-10-14(20-12(3)18-10)11(2)19-15-16(4,5)13-7-8-17(15,6)9-13/h11,13,15,19H,7-9H2,1-6H3/t11?,13-,15?,17+/m0/s1. The third kappa shape index (κ3) is 2.05. The maximum absolute atomic E-state index is 4.59. The highest BCUT2D eigenvalue weighted by atomic mass is 32.1. The fraction of sp³-hybridized carbons (Fsp3) is 0.824. The van der Waals surface area contributed by atoms with Gasteiger partial charge >= 0.3 is 0 Å². The van der Waals surface area contributed by atoms with Crippen LogP contribution in [-0.4, -0.2) is 11.0 Å². The molecular weight excluding hydrogens is 264 g/mol. The number of hydrogen-bond donors (Lipinski definition) is 1. The minimum absolute atomic E-state index is 0.418. The van der Waals surface area contributed by atoms with Crippen molar-refractivity contribution in [3.8, 4) is 0 Å². The largest absolute Gasteiger partial charge is 0.306 e. The van der Waals surface area contributed by atoms with E-state index in [1.165, 1.54) is 34.8 Å². The van der Waals surface area contributed by atoms with Crippen LogP contribution in [0.3, 0.4) is 0 Å². The van der Waals surface area contributed by atoms with E-state index >= 15 is 0 Å². The van der Waals surface area contributed by atoms with Gasteiger partial charge in [0.15, 0.2) is 0 Å². The quantitative estimate of drug-likeness (QED) is 0.879. The first-order valence-corrected chi connectivity index (χ1v) is 8.75. The van der Waals surface area contributed by atoms with Gasteiger partial charge in [0.1, 0.15) is 0 Å². The Morgan fingerprint density at radius 2 is 2.00 bits per heavy atom. The third-order valence-corrected chi connectivity index (χ3v) is 7.27. The van der Waals surface area contributed by atoms with Crippen molar-refractivity contribution >= 4 is 11.3 Å². The van der Waals surface area contributed by atoms with Crippen molar-refractivity contribution in [3.63, 3.8) is 0 Å². The summed E-state index contributed by atoms with van der Waals surface area (Å²) in [7, 11) is 0. The highest BCUT2D eigenvalue weighted by molar-refractivity contribution is 7.11. The average Bonchev–Trinajstić information content (AvgIpc) is 2.93. The van der Waals surface area contributed by atoms with E-state index in [-0.39, 0.29) is 0 Å². The van der Waals surface area contributed by atoms with Crippen molar-refractivity contribution in [2.75, 3.05) is 0 Å². The van der Waals surface area contributed by atoms with Crippen molar-refractivity contribution < 1.29 is 0 Å². The summed E-state index contributed by atoms with van der Waals surface area (Å²) in [6, 6.07) is 1.05. The predicted molar refractivity (Wildman–Crippen MR) is 86.2 cm³/mol. The number of rotatable bonds is 3. The summed E-state index contributed by atoms with van der Waals surface area (Å²) in [6.07, 6.45) is 4.23. The van der Waals surface area contributed by atoms with Gasteiger partial charge in [-0.05, 0) is 56.8 Å². The third-order valence-electron chi connectivity index (χ3n) is 6.02. The highest BCUT2D eigenvalue weighted by Crippen LogP contribution is 2.62. The Bertz CT molecular complexity index is 514. The van der Waals surface area contributed by atoms with Gasteiger partial charge in [0, 0.05) is 17.0 Å². The van der Waals surface area contributed by atoms with Crippen LogP contribution in [-0.2, 0) is 0 Å². The number of aromatic nitrogens is 1. The smallest absolute Gasteiger partial charge is 0.0900 e. The van der Waals surface area contributed by atoms with Crippen LogP contribution in [0.15, 0.2) is 0 Å². The molecule has 1 aromatic heterocycles. The molecule has 3 heteroatoms. The number of nitrogens with one attached hydrogen (secondary N) is 1. The van der Waals surface area contributed by atoms with Crippen LogP contribution in [0.25, 0.3) is 0 Å². The molecule has 0 saturated heterocycles. The lowest BCUT2D eigenvalue weighted by molar-refractivity contribution is 0.101. The zero-order chi connectivity index (χ0) is 14.7. The lowest BCUT2D eigenvalue weighted by atomic mass is 9.68. The Balaban J connectivity index is 1.82. The second-order valence-electron chi connectivity index (χ2n) is 7.92. The van der Waals surface area contributed by atoms with Crippen LogP contribution in [0.5, 0.6) is 0 Å². The van der Waals surface area contributed by atoms with Crippen molar-refractivity contribution in [1.29, 1.82) is 0 Å². The van der Waals surface area contributed by atoms with Gasteiger partial charge in [-0.3, -0.25) is 0 Å². The van der Waals surface area contributed by atoms with Gasteiger partial charge in [-0.1, -0.05) is 20.8 Å². The fourth-order valence-electron chi connectivity index (χ4n) is 4.99. The van der Waals surface area contributed by atoms with Gasteiger partial charge in [-0.15, -0.1) is 11.3 Å². The van der Waals surface area contributed by atoms with E-state index in [0.717, 1.165) is 5.92 Å². The molecule has 0 amide bonds. The summed E-state index contributed by atoms with van der Waals surface area (Å²) in [5.41, 5.74) is 2.13. The second kappa shape index (κ2) is 4.54. The first kappa shape index (κ1) is 14.5. The van der Waals surface area contributed by atoms with Crippen molar-refractivity contribution in [2.45, 2.75) is 72.9 Å². The van der Waals surface area contributed by atoms with Crippen molar-refractivity contribution in [2.24, 2.45) is 16.7 Å². The summed E-state index contributed by atoms with van der Waals surface area (Å²) < 4.78 is 0. The van der Waals surface area contributed by atoms with E-state index in [9.17, 15) is 0 Å². The molecule has 1 heterocycles. The molecule has 1 aromatic rings. The van der Waals surface area contributed by atoms with Crippen LogP contribution >= 0.6 is 11.3 Å². The van der Waals surface area contributed by atoms with Gasteiger partial charge < -0.3 is 5.32 Å². The van der Waals surface area contributed by atoms with E-state index in [1.807, 2.05) is 11.3 Å². The molecular formula is C17H28N2S. The molecule has 2 fully saturated rings. The number of hydrogen-bond acceptors (Lipinski definition) is 3. The molecule has 2 aliphatic carbocycles. The lowest BCUT2D eigenvalue weighted by Gasteiger charge is -2.44. The molecule has 2 aliphatic rings. The van der Waals surface area contributed by atoms with Crippen LogP contribution < -0.4 is 5.32 Å². The minimum atomic E-state index is 0.418. The molecule has 0 spiro atoms. The van der Waals surface area contributed by atoms with E-state index in [1.54, 1.807) is 0 Å². The summed E-state index contributed by atoms with van der Waals surface area (Å²) in [5, 5.41) is 5.17. The molecule has 20 heavy (non-hydrogen) atoms. The Hall–Kier alpha value is -0.410. The minimum Gasteiger partial charge on any atom is -0.306 e. The number of aryl methyl sites for hydroxylation is 2. The van der Waals surface area contributed by atoms with Gasteiger partial charge in [0.2, 0.25) is 0 Å². The summed E-state index contributed by atoms with van der Waals surface area (Å²) >= 11 is 1.85. The van der Waals surface area contributed by atoms with Crippen molar-refractivity contribution in [3.05, 3.63) is 15.6 Å². The Morgan fingerprint density at radius 3 is 2.50 bits per heavy atom. The number of nitrogens with zero attached hydrogens (tertiary/aromatic N) is 1. The van der Waals surface area contributed by atoms with E-state index < -0.39 is 0 Å². The average molecular weight is 292 g/mol. The van der Waals surface area contributed by atoms with Gasteiger partial charge in [-0.2, -0.15) is 0 Å². The van der Waals surface area contributed by atoms with E-state index in [0.29, 0.717) is 22.9 Å². The topological polar surface area (TPSA) is 24.9 Å². The summed E-state index contributed by atoms with van der Waals surface area (Å²) in [4.78, 5) is 6.01. The zero-order valence-electron chi connectivity index (χ0n) is 13.7. The lowest BCUT2D eigenvalue weighted by Crippen LogP contribution is -2.50. The van der Waals surface area contributed by atoms with E-state index in [2.05, 4.69) is 51.8 Å². The van der Waals surface area contributed by atoms with Crippen LogP contribution in [0.1, 0.15) is 68.6 Å². The maximum Gasteiger partial charge on any atom is 0.0900 e. The van der Waals surface area contributed by atoms with Gasteiger partial charge in [-0.25, -0.2) is 4.98 Å². The monoisotopic (exact) mass is 292 g/mol. The SMILES string of the molecule is Cc1nc(C)c(C(C)NC2C(C)(C)[C@H]3CC[C@]2(C)C3)s1. The number of fused-ring (bicyclic) bond motifs is 2. The zero-order valence-corrected chi connectivity index (χ0v) is 14.5. The molecule has 2 bridgehead atoms. The summed E-state index contributed by atoms with van der Waals surface area (Å²) in [6.45, 7) is 14.0. The van der Waals surface area contributed by atoms with Crippen LogP contribution in [0.2, 0.25) is 0 Å². The second-order valence-corrected chi connectivity index (χ2v) is 9.15. The molecule has 2 saturated carbocycles. The Morgan fingerprint density at radius 1 is 1.30 bits per heavy atom. The molecule has 0 radical (unpaired) electrons. The Labute approximate surface area is 127 Å². The molecule has 4 atom stereocenters. The van der Waals surface area contributed by atoms with Gasteiger partial charge in [0.05, 0.1) is 10.7 Å². The van der Waals surface area contributed by atoms with Crippen LogP contribution in [0.4, 0.5) is 0 Å². The predicted octanol–water partition coefficient (Wildman–Crippen LogP) is 4.63. The molecule has 0 aliphatic heterocycles. The molecule has 2 unspecified atom stereocenters. The van der Waals surface area contributed by atoms with Crippen molar-refractivity contribution in [1.82, 2.24) is 10.3 Å². The van der Waals surface area contributed by atoms with Gasteiger partial charge in [0.25, 0.3) is 0 Å². The normalized spacial score (nSPS) is 36.5. The van der Waals surface area contributed by atoms with Crippen LogP contribution in [0, 0.1) is 30.6 Å². The molecule has 1 N–H and O–H groups in total. The Kier molecular flexibility index (Phi) is 3.30. The maximum atomic E-state index is 4.59. The summed E-state index contributed by atoms with van der Waals surface area (Å²) in [5.74, 6) is 0.904. The van der Waals surface area contributed by atoms with E-state index in [4.69, 9.17) is 0 Å². The molecule has 3 rings (SSSR count). The molecule has 0 aromatic carbocycles. The first-order chi connectivity index (χ1) is 9.24. The molecule has 2 nitrogen and oxygen atoms in total. The first-order valence-electron chi connectivity index (χ1n) is 7.94.